The van der Waals surface area contributed by atoms with E-state index in [0.29, 0.717) is 13.4 Å². The van der Waals surface area contributed by atoms with Gasteiger partial charge in [0.15, 0.2) is 0 Å². The predicted molar refractivity (Wildman–Crippen MR) is 81.4 cm³/mol. The average molecular weight is 455 g/mol. The molecule has 0 saturated carbocycles. The van der Waals surface area contributed by atoms with E-state index in [-0.39, 0.29) is 9.79 Å². The summed E-state index contributed by atoms with van der Waals surface area (Å²) in [6, 6.07) is 11.7. The third-order valence-electron chi connectivity index (χ3n) is 2.30. The molecular weight excluding hydrogens is 448 g/mol. The Bertz CT molecular complexity index is 682. The van der Waals surface area contributed by atoms with Gasteiger partial charge in [-0.1, -0.05) is 34.1 Å². The van der Waals surface area contributed by atoms with Crippen LogP contribution in [0.5, 0.6) is 0 Å². The summed E-state index contributed by atoms with van der Waals surface area (Å²) in [7, 11) is -3.52. The van der Waals surface area contributed by atoms with Gasteiger partial charge in [-0.15, -0.1) is 0 Å². The van der Waals surface area contributed by atoms with Crippen molar-refractivity contribution >= 4 is 57.6 Å². The number of rotatable bonds is 2. The van der Waals surface area contributed by atoms with Crippen LogP contribution in [-0.2, 0) is 9.84 Å². The molecule has 0 N–H and O–H groups in total. The molecule has 2 rings (SSSR count). The molecule has 0 spiro atoms. The first-order valence-corrected chi connectivity index (χ1v) is 8.74. The van der Waals surface area contributed by atoms with Crippen LogP contribution in [0.4, 0.5) is 0 Å². The first-order valence-electron chi connectivity index (χ1n) is 4.87. The smallest absolute Gasteiger partial charge is 0.207 e. The second-order valence-corrected chi connectivity index (χ2v) is 8.00. The van der Waals surface area contributed by atoms with E-state index in [1.165, 1.54) is 0 Å². The van der Waals surface area contributed by atoms with E-state index in [2.05, 4.69) is 47.8 Å². The molecule has 94 valence electrons. The zero-order valence-electron chi connectivity index (χ0n) is 8.90. The maximum Gasteiger partial charge on any atom is 0.207 e. The summed E-state index contributed by atoms with van der Waals surface area (Å²) >= 11 is 9.92. The lowest BCUT2D eigenvalue weighted by Crippen LogP contribution is -2.03. The van der Waals surface area contributed by atoms with Gasteiger partial charge in [0.2, 0.25) is 9.84 Å². The number of hydrogen-bond donors (Lipinski definition) is 0. The topological polar surface area (TPSA) is 34.1 Å². The van der Waals surface area contributed by atoms with E-state index >= 15 is 0 Å². The molecule has 0 aromatic heterocycles. The van der Waals surface area contributed by atoms with Gasteiger partial charge in [0.25, 0.3) is 0 Å². The third-order valence-corrected chi connectivity index (χ3v) is 6.83. The van der Waals surface area contributed by atoms with Crippen molar-refractivity contribution in [3.63, 3.8) is 0 Å². The van der Waals surface area contributed by atoms with Crippen LogP contribution in [0.1, 0.15) is 0 Å². The Morgan fingerprint density at radius 3 is 2.11 bits per heavy atom. The summed E-state index contributed by atoms with van der Waals surface area (Å²) in [4.78, 5) is 0.505. The SMILES string of the molecule is O=S(=O)(c1ccccc1)c1cc(Br)cc(Br)c1Br. The first kappa shape index (κ1) is 14.2. The van der Waals surface area contributed by atoms with E-state index in [4.69, 9.17) is 0 Å². The van der Waals surface area contributed by atoms with Crippen LogP contribution in [0.2, 0.25) is 0 Å². The zero-order valence-corrected chi connectivity index (χ0v) is 14.5. The molecule has 0 aliphatic rings. The van der Waals surface area contributed by atoms with E-state index in [1.807, 2.05) is 0 Å². The third kappa shape index (κ3) is 2.71. The van der Waals surface area contributed by atoms with Gasteiger partial charge in [0, 0.05) is 8.95 Å². The number of halogens is 3. The van der Waals surface area contributed by atoms with Crippen LogP contribution < -0.4 is 0 Å². The predicted octanol–water partition coefficient (Wildman–Crippen LogP) is 4.81. The normalized spacial score (nSPS) is 11.5. The van der Waals surface area contributed by atoms with E-state index < -0.39 is 9.84 Å². The highest BCUT2D eigenvalue weighted by Crippen LogP contribution is 2.36. The van der Waals surface area contributed by atoms with Crippen molar-refractivity contribution in [2.24, 2.45) is 0 Å². The molecule has 2 aromatic rings. The minimum Gasteiger partial charge on any atom is -0.218 e. The fraction of sp³-hybridized carbons (Fsp3) is 0. The summed E-state index contributed by atoms with van der Waals surface area (Å²) < 4.78 is 26.9. The van der Waals surface area contributed by atoms with Crippen molar-refractivity contribution in [3.8, 4) is 0 Å². The van der Waals surface area contributed by atoms with Crippen LogP contribution in [-0.4, -0.2) is 8.42 Å². The number of benzene rings is 2. The van der Waals surface area contributed by atoms with Gasteiger partial charge in [-0.25, -0.2) is 8.42 Å². The minimum atomic E-state index is -3.52. The fourth-order valence-electron chi connectivity index (χ4n) is 1.45. The van der Waals surface area contributed by atoms with Crippen LogP contribution in [0, 0.1) is 0 Å². The molecular formula is C12H7Br3O2S. The molecule has 0 aliphatic carbocycles. The average Bonchev–Trinajstić information content (AvgIpc) is 2.34. The zero-order chi connectivity index (χ0) is 13.3. The van der Waals surface area contributed by atoms with Crippen molar-refractivity contribution in [2.45, 2.75) is 9.79 Å². The number of hydrogen-bond acceptors (Lipinski definition) is 2. The minimum absolute atomic E-state index is 0.231. The molecule has 0 unspecified atom stereocenters. The summed E-state index contributed by atoms with van der Waals surface area (Å²) in [6.07, 6.45) is 0. The summed E-state index contributed by atoms with van der Waals surface area (Å²) in [5.41, 5.74) is 0. The van der Waals surface area contributed by atoms with Crippen molar-refractivity contribution < 1.29 is 8.42 Å². The second-order valence-electron chi connectivity index (χ2n) is 3.52. The lowest BCUT2D eigenvalue weighted by molar-refractivity contribution is 0.595. The van der Waals surface area contributed by atoms with Gasteiger partial charge in [0.1, 0.15) is 0 Å². The summed E-state index contributed by atoms with van der Waals surface area (Å²) in [5, 5.41) is 0. The highest BCUT2D eigenvalue weighted by Gasteiger charge is 2.22. The Balaban J connectivity index is 2.70. The van der Waals surface area contributed by atoms with Gasteiger partial charge in [-0.2, -0.15) is 0 Å². The van der Waals surface area contributed by atoms with Crippen LogP contribution in [0.25, 0.3) is 0 Å². The molecule has 2 aromatic carbocycles. The molecule has 0 radical (unpaired) electrons. The molecule has 0 fully saturated rings. The number of sulfone groups is 1. The first-order chi connectivity index (χ1) is 8.43. The molecule has 2 nitrogen and oxygen atoms in total. The lowest BCUT2D eigenvalue weighted by Gasteiger charge is -2.09. The van der Waals surface area contributed by atoms with Crippen molar-refractivity contribution in [3.05, 3.63) is 55.9 Å². The molecule has 0 atom stereocenters. The van der Waals surface area contributed by atoms with Crippen LogP contribution >= 0.6 is 47.8 Å². The highest BCUT2D eigenvalue weighted by atomic mass is 79.9. The van der Waals surface area contributed by atoms with Crippen LogP contribution in [0.15, 0.2) is 65.7 Å². The Labute approximate surface area is 131 Å². The second kappa shape index (κ2) is 5.45. The Morgan fingerprint density at radius 2 is 1.50 bits per heavy atom. The standard InChI is InChI=1S/C12H7Br3O2S/c13-8-6-10(14)12(15)11(7-8)18(16,17)9-4-2-1-3-5-9/h1-7H. The fourth-order valence-corrected chi connectivity index (χ4v) is 5.23. The quantitative estimate of drug-likeness (QED) is 0.610. The maximum absolute atomic E-state index is 12.5. The Morgan fingerprint density at radius 1 is 0.889 bits per heavy atom. The molecule has 0 amide bonds. The van der Waals surface area contributed by atoms with E-state index in [1.54, 1.807) is 42.5 Å². The van der Waals surface area contributed by atoms with Gasteiger partial charge >= 0.3 is 0 Å². The molecule has 6 heteroatoms. The van der Waals surface area contributed by atoms with Gasteiger partial charge in [-0.05, 0) is 56.1 Å². The van der Waals surface area contributed by atoms with E-state index in [9.17, 15) is 8.42 Å². The lowest BCUT2D eigenvalue weighted by atomic mass is 10.4. The van der Waals surface area contributed by atoms with Crippen LogP contribution in [0.3, 0.4) is 0 Å². The molecule has 0 heterocycles. The summed E-state index contributed by atoms with van der Waals surface area (Å²) in [6.45, 7) is 0. The van der Waals surface area contributed by atoms with Crippen molar-refractivity contribution in [1.82, 2.24) is 0 Å². The van der Waals surface area contributed by atoms with Gasteiger partial charge in [0.05, 0.1) is 14.3 Å². The molecule has 18 heavy (non-hydrogen) atoms. The highest BCUT2D eigenvalue weighted by molar-refractivity contribution is 9.13. The van der Waals surface area contributed by atoms with Gasteiger partial charge in [-0.3, -0.25) is 0 Å². The Kier molecular flexibility index (Phi) is 4.31. The molecule has 0 aliphatic heterocycles. The van der Waals surface area contributed by atoms with Gasteiger partial charge < -0.3 is 0 Å². The van der Waals surface area contributed by atoms with Crippen molar-refractivity contribution in [2.75, 3.05) is 0 Å². The van der Waals surface area contributed by atoms with Crippen molar-refractivity contribution in [1.29, 1.82) is 0 Å². The Hall–Kier alpha value is -0.170. The van der Waals surface area contributed by atoms with E-state index in [0.717, 1.165) is 0 Å². The summed E-state index contributed by atoms with van der Waals surface area (Å²) in [5.74, 6) is 0. The molecule has 0 saturated heterocycles. The monoisotopic (exact) mass is 452 g/mol. The molecule has 0 bridgehead atoms. The maximum atomic E-state index is 12.5. The largest absolute Gasteiger partial charge is 0.218 e.